The van der Waals surface area contributed by atoms with Crippen molar-refractivity contribution in [2.24, 2.45) is 16.1 Å². The minimum Gasteiger partial charge on any atom is -0.395 e. The van der Waals surface area contributed by atoms with Gasteiger partial charge in [-0.05, 0) is 54.8 Å². The highest BCUT2D eigenvalue weighted by Gasteiger charge is 2.30. The summed E-state index contributed by atoms with van der Waals surface area (Å²) in [7, 11) is 1.52. The zero-order chi connectivity index (χ0) is 31.1. The van der Waals surface area contributed by atoms with Gasteiger partial charge in [-0.1, -0.05) is 17.3 Å². The lowest BCUT2D eigenvalue weighted by molar-refractivity contribution is -0.129. The molecule has 4 rings (SSSR count). The van der Waals surface area contributed by atoms with Crippen LogP contribution in [0.1, 0.15) is 24.8 Å². The molecule has 9 nitrogen and oxygen atoms in total. The number of aliphatic imine (C=N–C) groups is 1. The maximum Gasteiger partial charge on any atom is 0.396 e. The third kappa shape index (κ3) is 8.21. The summed E-state index contributed by atoms with van der Waals surface area (Å²) < 4.78 is 67.6. The molecule has 1 N–H and O–H groups in total. The number of nitrogens with zero attached hydrogens (tertiary/aromatic N) is 6. The molecule has 0 aliphatic carbocycles. The van der Waals surface area contributed by atoms with Crippen LogP contribution in [0.3, 0.4) is 0 Å². The smallest absolute Gasteiger partial charge is 0.395 e. The van der Waals surface area contributed by atoms with Crippen molar-refractivity contribution in [3.05, 3.63) is 53.9 Å². The summed E-state index contributed by atoms with van der Waals surface area (Å²) >= 11 is 0. The van der Waals surface area contributed by atoms with Crippen molar-refractivity contribution in [2.75, 3.05) is 44.8 Å². The molecule has 1 saturated heterocycles. The van der Waals surface area contributed by atoms with Crippen LogP contribution in [0.25, 0.3) is 22.0 Å². The molecule has 0 spiro atoms. The fourth-order valence-corrected chi connectivity index (χ4v) is 4.85. The monoisotopic (exact) mass is 606 g/mol. The van der Waals surface area contributed by atoms with Crippen LogP contribution in [0.2, 0.25) is 0 Å². The number of aliphatic hydroxyl groups is 1. The van der Waals surface area contributed by atoms with Gasteiger partial charge < -0.3 is 19.7 Å². The predicted octanol–water partition coefficient (Wildman–Crippen LogP) is 4.77. The van der Waals surface area contributed by atoms with Gasteiger partial charge in [-0.3, -0.25) is 4.79 Å². The van der Waals surface area contributed by atoms with Gasteiger partial charge >= 0.3 is 6.18 Å². The number of fused-ring (bicyclic) bond motifs is 1. The van der Waals surface area contributed by atoms with Gasteiger partial charge in [0, 0.05) is 37.6 Å². The van der Waals surface area contributed by atoms with E-state index in [1.165, 1.54) is 42.5 Å². The third-order valence-corrected chi connectivity index (χ3v) is 7.18. The second kappa shape index (κ2) is 13.8. The SMILES string of the molecule is C=N/C(CC(F)(F)F)=N\OCC1CCN(c2ncnc3c(-c4ccc(CC(=O)N(C)CCO)c(F)c4)cc(F)cc23)CC1. The van der Waals surface area contributed by atoms with Crippen molar-refractivity contribution in [1.29, 1.82) is 0 Å². The highest BCUT2D eigenvalue weighted by atomic mass is 19.4. The Labute approximate surface area is 244 Å². The fourth-order valence-electron chi connectivity index (χ4n) is 4.85. The van der Waals surface area contributed by atoms with E-state index in [0.29, 0.717) is 53.8 Å². The Morgan fingerprint density at radius 2 is 1.93 bits per heavy atom. The second-order valence-electron chi connectivity index (χ2n) is 10.3. The number of anilines is 1. The summed E-state index contributed by atoms with van der Waals surface area (Å²) in [5.74, 6) is -1.55. The van der Waals surface area contributed by atoms with E-state index in [2.05, 4.69) is 26.8 Å². The number of hydrogen-bond donors (Lipinski definition) is 1. The quantitative estimate of drug-likeness (QED) is 0.154. The molecule has 2 aromatic carbocycles. The van der Waals surface area contributed by atoms with Crippen molar-refractivity contribution in [3.8, 4) is 11.1 Å². The number of piperidine rings is 1. The highest BCUT2D eigenvalue weighted by molar-refractivity contribution is 5.99. The maximum atomic E-state index is 15.0. The van der Waals surface area contributed by atoms with Crippen molar-refractivity contribution in [1.82, 2.24) is 14.9 Å². The fraction of sp³-hybridized carbons (Fsp3) is 0.414. The van der Waals surface area contributed by atoms with E-state index in [0.717, 1.165) is 0 Å². The van der Waals surface area contributed by atoms with E-state index in [1.807, 2.05) is 4.90 Å². The Kier molecular flexibility index (Phi) is 10.2. The van der Waals surface area contributed by atoms with Gasteiger partial charge in [0.1, 0.15) is 36.8 Å². The zero-order valence-corrected chi connectivity index (χ0v) is 23.4. The molecule has 0 atom stereocenters. The molecule has 1 fully saturated rings. The number of amides is 1. The summed E-state index contributed by atoms with van der Waals surface area (Å²) in [5, 5.41) is 12.9. The number of carbonyl (C=O) groups excluding carboxylic acids is 1. The molecule has 43 heavy (non-hydrogen) atoms. The van der Waals surface area contributed by atoms with Crippen molar-refractivity contribution in [3.63, 3.8) is 0 Å². The predicted molar refractivity (Wildman–Crippen MR) is 152 cm³/mol. The number of benzene rings is 2. The Bertz CT molecular complexity index is 1490. The van der Waals surface area contributed by atoms with Gasteiger partial charge in [-0.15, -0.1) is 0 Å². The Hall–Kier alpha value is -4.20. The molecule has 1 aromatic heterocycles. The van der Waals surface area contributed by atoms with E-state index < -0.39 is 30.1 Å². The van der Waals surface area contributed by atoms with Crippen molar-refractivity contribution >= 4 is 35.2 Å². The van der Waals surface area contributed by atoms with Crippen LogP contribution in [-0.4, -0.2) is 84.5 Å². The molecule has 14 heteroatoms. The summed E-state index contributed by atoms with van der Waals surface area (Å²) in [4.78, 5) is 32.7. The number of alkyl halides is 3. The van der Waals surface area contributed by atoms with E-state index in [9.17, 15) is 22.4 Å². The molecular formula is C29H31F5N6O3. The van der Waals surface area contributed by atoms with Gasteiger partial charge in [0.15, 0.2) is 5.84 Å². The average molecular weight is 607 g/mol. The molecular weight excluding hydrogens is 575 g/mol. The van der Waals surface area contributed by atoms with Gasteiger partial charge in [0.05, 0.1) is 18.5 Å². The molecule has 0 radical (unpaired) electrons. The molecule has 1 aliphatic rings. The van der Waals surface area contributed by atoms with Crippen molar-refractivity contribution < 1.29 is 36.7 Å². The third-order valence-electron chi connectivity index (χ3n) is 7.18. The van der Waals surface area contributed by atoms with Crippen LogP contribution in [0.5, 0.6) is 0 Å². The topological polar surface area (TPSA) is 104 Å². The maximum absolute atomic E-state index is 15.0. The number of aliphatic hydroxyl groups excluding tert-OH is 1. The first-order valence-electron chi connectivity index (χ1n) is 13.5. The zero-order valence-electron chi connectivity index (χ0n) is 23.4. The average Bonchev–Trinajstić information content (AvgIpc) is 2.96. The van der Waals surface area contributed by atoms with Crippen LogP contribution < -0.4 is 4.90 Å². The first-order valence-corrected chi connectivity index (χ1v) is 13.5. The van der Waals surface area contributed by atoms with E-state index in [-0.39, 0.29) is 43.6 Å². The Balaban J connectivity index is 1.49. The highest BCUT2D eigenvalue weighted by Crippen LogP contribution is 2.35. The first kappa shape index (κ1) is 31.7. The summed E-state index contributed by atoms with van der Waals surface area (Å²) in [6.45, 7) is 4.18. The Morgan fingerprint density at radius 3 is 2.58 bits per heavy atom. The lowest BCUT2D eigenvalue weighted by Crippen LogP contribution is -2.35. The van der Waals surface area contributed by atoms with Crippen LogP contribution >= 0.6 is 0 Å². The lowest BCUT2D eigenvalue weighted by atomic mass is 9.96. The summed E-state index contributed by atoms with van der Waals surface area (Å²) in [6, 6.07) is 6.90. The number of halogens is 5. The number of likely N-dealkylation sites (N-methyl/N-ethyl adjacent to an activating group) is 1. The molecule has 0 bridgehead atoms. The van der Waals surface area contributed by atoms with Gasteiger partial charge in [-0.2, -0.15) is 13.2 Å². The van der Waals surface area contributed by atoms with Gasteiger partial charge in [-0.25, -0.2) is 23.7 Å². The van der Waals surface area contributed by atoms with Crippen LogP contribution in [-0.2, 0) is 16.1 Å². The number of carbonyl (C=O) groups is 1. The second-order valence-corrected chi connectivity index (χ2v) is 10.3. The van der Waals surface area contributed by atoms with E-state index in [1.54, 1.807) is 6.07 Å². The standard InChI is InChI=1S/C29H31F5N6O3/c1-35-25(15-29(32,33)34)38-43-16-18-5-7-40(8-6-18)28-23-14-21(30)13-22(27(23)36-17-37-28)19-3-4-20(24(31)11-19)12-26(42)39(2)9-10-41/h3-4,11,13-14,17-18,41H,1,5-10,12,15-16H2,2H3/b38-25-. The molecule has 1 amide bonds. The lowest BCUT2D eigenvalue weighted by Gasteiger charge is -2.32. The summed E-state index contributed by atoms with van der Waals surface area (Å²) in [6.07, 6.45) is -3.38. The van der Waals surface area contributed by atoms with Crippen LogP contribution in [0.15, 0.2) is 46.8 Å². The number of amidine groups is 1. The minimum atomic E-state index is -4.47. The van der Waals surface area contributed by atoms with Crippen LogP contribution in [0.4, 0.5) is 27.8 Å². The molecule has 3 aromatic rings. The summed E-state index contributed by atoms with van der Waals surface area (Å²) in [5.41, 5.74) is 1.33. The molecule has 2 heterocycles. The molecule has 0 saturated carbocycles. The number of hydrogen-bond acceptors (Lipinski definition) is 7. The first-order chi connectivity index (χ1) is 20.5. The van der Waals surface area contributed by atoms with Crippen LogP contribution in [0, 0.1) is 17.6 Å². The van der Waals surface area contributed by atoms with E-state index in [4.69, 9.17) is 9.94 Å². The largest absolute Gasteiger partial charge is 0.396 e. The number of oxime groups is 1. The van der Waals surface area contributed by atoms with Gasteiger partial charge in [0.25, 0.3) is 0 Å². The molecule has 0 unspecified atom stereocenters. The minimum absolute atomic E-state index is 0.0224. The number of aromatic nitrogens is 2. The molecule has 230 valence electrons. The molecule has 1 aliphatic heterocycles. The number of rotatable bonds is 10. The Morgan fingerprint density at radius 1 is 1.19 bits per heavy atom. The normalized spacial score (nSPS) is 14.7. The van der Waals surface area contributed by atoms with Crippen molar-refractivity contribution in [2.45, 2.75) is 31.9 Å². The van der Waals surface area contributed by atoms with Gasteiger partial charge in [0.2, 0.25) is 5.91 Å². The van der Waals surface area contributed by atoms with E-state index >= 15 is 4.39 Å².